The van der Waals surface area contributed by atoms with Crippen molar-refractivity contribution in [2.24, 2.45) is 0 Å². The zero-order valence-electron chi connectivity index (χ0n) is 7.88. The SMILES string of the molecule is O=C(O)CC1=CCCC(OC(F)(F)F)C1. The number of ether oxygens (including phenoxy) is 1. The summed E-state index contributed by atoms with van der Waals surface area (Å²) in [6.45, 7) is 0. The second kappa shape index (κ2) is 4.65. The Morgan fingerprint density at radius 2 is 2.27 bits per heavy atom. The van der Waals surface area contributed by atoms with E-state index in [2.05, 4.69) is 4.74 Å². The molecule has 0 amide bonds. The summed E-state index contributed by atoms with van der Waals surface area (Å²) >= 11 is 0. The van der Waals surface area contributed by atoms with Gasteiger partial charge in [0.15, 0.2) is 0 Å². The smallest absolute Gasteiger partial charge is 0.481 e. The summed E-state index contributed by atoms with van der Waals surface area (Å²) in [4.78, 5) is 10.4. The number of alkyl halides is 3. The Labute approximate surface area is 84.5 Å². The van der Waals surface area contributed by atoms with E-state index in [9.17, 15) is 18.0 Å². The van der Waals surface area contributed by atoms with Gasteiger partial charge < -0.3 is 5.11 Å². The number of allylic oxidation sites excluding steroid dienone is 1. The van der Waals surface area contributed by atoms with Crippen LogP contribution in [0.3, 0.4) is 0 Å². The van der Waals surface area contributed by atoms with Gasteiger partial charge in [-0.25, -0.2) is 0 Å². The van der Waals surface area contributed by atoms with E-state index < -0.39 is 18.4 Å². The molecule has 3 nitrogen and oxygen atoms in total. The lowest BCUT2D eigenvalue weighted by molar-refractivity contribution is -0.343. The minimum atomic E-state index is -4.64. The topological polar surface area (TPSA) is 46.5 Å². The number of halogens is 3. The van der Waals surface area contributed by atoms with Crippen LogP contribution in [0.1, 0.15) is 25.7 Å². The summed E-state index contributed by atoms with van der Waals surface area (Å²) in [6, 6.07) is 0. The van der Waals surface area contributed by atoms with E-state index >= 15 is 0 Å². The maximum Gasteiger partial charge on any atom is 0.522 e. The van der Waals surface area contributed by atoms with Crippen LogP contribution in [0.25, 0.3) is 0 Å². The van der Waals surface area contributed by atoms with Gasteiger partial charge in [0.2, 0.25) is 0 Å². The molecule has 0 fully saturated rings. The standard InChI is InChI=1S/C9H11F3O3/c10-9(11,12)15-7-3-1-2-6(4-7)5-8(13)14/h2,7H,1,3-5H2,(H,13,14). The molecule has 1 aliphatic carbocycles. The van der Waals surface area contributed by atoms with Crippen LogP contribution < -0.4 is 0 Å². The van der Waals surface area contributed by atoms with Gasteiger partial charge in [0.05, 0.1) is 12.5 Å². The summed E-state index contributed by atoms with van der Waals surface area (Å²) in [5, 5.41) is 8.48. The molecule has 1 atom stereocenters. The lowest BCUT2D eigenvalue weighted by Gasteiger charge is -2.23. The molecule has 0 saturated heterocycles. The molecule has 6 heteroatoms. The fraction of sp³-hybridized carbons (Fsp3) is 0.667. The van der Waals surface area contributed by atoms with Gasteiger partial charge >= 0.3 is 12.3 Å². The Morgan fingerprint density at radius 3 is 2.80 bits per heavy atom. The molecule has 0 aliphatic heterocycles. The highest BCUT2D eigenvalue weighted by atomic mass is 19.4. The Kier molecular flexibility index (Phi) is 3.73. The van der Waals surface area contributed by atoms with E-state index in [-0.39, 0.29) is 19.3 Å². The minimum absolute atomic E-state index is 0.0474. The number of hydrogen-bond donors (Lipinski definition) is 1. The van der Waals surface area contributed by atoms with E-state index in [1.807, 2.05) is 0 Å². The lowest BCUT2D eigenvalue weighted by atomic mass is 9.95. The molecule has 0 aromatic heterocycles. The summed E-state index contributed by atoms with van der Waals surface area (Å²) < 4.78 is 39.5. The van der Waals surface area contributed by atoms with Crippen molar-refractivity contribution in [2.75, 3.05) is 0 Å². The van der Waals surface area contributed by atoms with Gasteiger partial charge in [-0.2, -0.15) is 0 Å². The fourth-order valence-corrected chi connectivity index (χ4v) is 1.58. The van der Waals surface area contributed by atoms with Crippen molar-refractivity contribution >= 4 is 5.97 Å². The van der Waals surface area contributed by atoms with Crippen molar-refractivity contribution in [1.29, 1.82) is 0 Å². The highest BCUT2D eigenvalue weighted by Crippen LogP contribution is 2.28. The number of carbonyl (C=O) groups is 1. The van der Waals surface area contributed by atoms with Gasteiger partial charge in [-0.15, -0.1) is 13.2 Å². The summed E-state index contributed by atoms with van der Waals surface area (Å²) in [5.41, 5.74) is 0.503. The Bertz CT molecular complexity index is 270. The first-order chi connectivity index (χ1) is 6.87. The molecule has 0 spiro atoms. The van der Waals surface area contributed by atoms with E-state index in [4.69, 9.17) is 5.11 Å². The third-order valence-corrected chi connectivity index (χ3v) is 2.09. The van der Waals surface area contributed by atoms with Gasteiger partial charge in [0.25, 0.3) is 0 Å². The number of aliphatic carboxylic acids is 1. The van der Waals surface area contributed by atoms with E-state index in [1.165, 1.54) is 0 Å². The highest BCUT2D eigenvalue weighted by molar-refractivity contribution is 5.70. The molecule has 0 saturated carbocycles. The monoisotopic (exact) mass is 224 g/mol. The molecular weight excluding hydrogens is 213 g/mol. The van der Waals surface area contributed by atoms with Crippen molar-refractivity contribution in [3.05, 3.63) is 11.6 Å². The second-order valence-electron chi connectivity index (χ2n) is 3.40. The maximum atomic E-state index is 11.9. The molecule has 1 aliphatic rings. The Morgan fingerprint density at radius 1 is 1.60 bits per heavy atom. The third-order valence-electron chi connectivity index (χ3n) is 2.09. The normalized spacial score (nSPS) is 22.3. The van der Waals surface area contributed by atoms with Gasteiger partial charge in [0.1, 0.15) is 0 Å². The van der Waals surface area contributed by atoms with E-state index in [0.29, 0.717) is 12.0 Å². The average Bonchev–Trinajstić information content (AvgIpc) is 1.99. The number of carboxylic acid groups (broad SMARTS) is 1. The van der Waals surface area contributed by atoms with Crippen LogP contribution in [0.4, 0.5) is 13.2 Å². The largest absolute Gasteiger partial charge is 0.522 e. The van der Waals surface area contributed by atoms with Crippen LogP contribution in [0, 0.1) is 0 Å². The Balaban J connectivity index is 2.47. The molecule has 1 rings (SSSR count). The first-order valence-electron chi connectivity index (χ1n) is 4.51. The average molecular weight is 224 g/mol. The van der Waals surface area contributed by atoms with Crippen molar-refractivity contribution in [2.45, 2.75) is 38.1 Å². The maximum absolute atomic E-state index is 11.9. The number of rotatable bonds is 3. The quantitative estimate of drug-likeness (QED) is 0.749. The summed E-state index contributed by atoms with van der Waals surface area (Å²) in [7, 11) is 0. The molecule has 0 radical (unpaired) electrons. The highest BCUT2D eigenvalue weighted by Gasteiger charge is 2.34. The van der Waals surface area contributed by atoms with Crippen molar-refractivity contribution < 1.29 is 27.8 Å². The molecule has 0 heterocycles. The molecule has 0 bridgehead atoms. The second-order valence-corrected chi connectivity index (χ2v) is 3.40. The van der Waals surface area contributed by atoms with Crippen molar-refractivity contribution in [1.82, 2.24) is 0 Å². The van der Waals surface area contributed by atoms with Crippen LogP contribution in [-0.4, -0.2) is 23.5 Å². The summed E-state index contributed by atoms with van der Waals surface area (Å²) in [6.07, 6.45) is -3.36. The van der Waals surface area contributed by atoms with E-state index in [1.54, 1.807) is 6.08 Å². The predicted molar refractivity (Wildman–Crippen MR) is 45.1 cm³/mol. The molecule has 1 N–H and O–H groups in total. The first-order valence-corrected chi connectivity index (χ1v) is 4.51. The van der Waals surface area contributed by atoms with E-state index in [0.717, 1.165) is 0 Å². The van der Waals surface area contributed by atoms with Crippen LogP contribution in [0.15, 0.2) is 11.6 Å². The zero-order valence-corrected chi connectivity index (χ0v) is 7.88. The van der Waals surface area contributed by atoms with Crippen molar-refractivity contribution in [3.63, 3.8) is 0 Å². The molecular formula is C9H11F3O3. The fourth-order valence-electron chi connectivity index (χ4n) is 1.58. The third kappa shape index (κ3) is 4.83. The van der Waals surface area contributed by atoms with Crippen LogP contribution >= 0.6 is 0 Å². The van der Waals surface area contributed by atoms with Crippen LogP contribution in [0.2, 0.25) is 0 Å². The number of carboxylic acids is 1. The predicted octanol–water partition coefficient (Wildman–Crippen LogP) is 2.48. The lowest BCUT2D eigenvalue weighted by Crippen LogP contribution is -2.26. The molecule has 86 valence electrons. The van der Waals surface area contributed by atoms with Gasteiger partial charge in [0, 0.05) is 0 Å². The van der Waals surface area contributed by atoms with Gasteiger partial charge in [-0.05, 0) is 19.3 Å². The molecule has 15 heavy (non-hydrogen) atoms. The Hall–Kier alpha value is -1.04. The molecule has 0 aromatic rings. The number of hydrogen-bond acceptors (Lipinski definition) is 2. The van der Waals surface area contributed by atoms with Gasteiger partial charge in [-0.1, -0.05) is 11.6 Å². The molecule has 1 unspecified atom stereocenters. The first kappa shape index (κ1) is 12.0. The van der Waals surface area contributed by atoms with Crippen molar-refractivity contribution in [3.8, 4) is 0 Å². The molecule has 0 aromatic carbocycles. The minimum Gasteiger partial charge on any atom is -0.481 e. The summed E-state index contributed by atoms with van der Waals surface area (Å²) in [5.74, 6) is -1.03. The van der Waals surface area contributed by atoms with Crippen LogP contribution in [0.5, 0.6) is 0 Å². The zero-order chi connectivity index (χ0) is 11.5. The van der Waals surface area contributed by atoms with Crippen LogP contribution in [-0.2, 0) is 9.53 Å². The van der Waals surface area contributed by atoms with Gasteiger partial charge in [-0.3, -0.25) is 9.53 Å².